The molecule has 1 aromatic rings. The van der Waals surface area contributed by atoms with Crippen molar-refractivity contribution in [1.82, 2.24) is 10.3 Å². The van der Waals surface area contributed by atoms with Crippen LogP contribution >= 0.6 is 15.9 Å². The summed E-state index contributed by atoms with van der Waals surface area (Å²) in [5, 5.41) is 3.55. The molecule has 0 amide bonds. The number of hydrogen-bond acceptors (Lipinski definition) is 3. The van der Waals surface area contributed by atoms with E-state index in [9.17, 15) is 4.79 Å². The van der Waals surface area contributed by atoms with E-state index < -0.39 is 0 Å². The summed E-state index contributed by atoms with van der Waals surface area (Å²) in [6, 6.07) is 2.63. The van der Waals surface area contributed by atoms with Crippen LogP contribution in [0.25, 0.3) is 0 Å². The van der Waals surface area contributed by atoms with Crippen LogP contribution in [0, 0.1) is 5.92 Å². The van der Waals surface area contributed by atoms with Gasteiger partial charge in [-0.15, -0.1) is 0 Å². The zero-order valence-corrected chi connectivity index (χ0v) is 12.5. The van der Waals surface area contributed by atoms with E-state index in [1.165, 1.54) is 25.7 Å². The van der Waals surface area contributed by atoms with Crippen LogP contribution in [0.2, 0.25) is 0 Å². The molecule has 3 unspecified atom stereocenters. The van der Waals surface area contributed by atoms with Gasteiger partial charge in [-0.1, -0.05) is 12.8 Å². The molecule has 0 aromatic carbocycles. The molecule has 0 bridgehead atoms. The number of carbonyl (C=O) groups excluding carboxylic acids is 1. The van der Waals surface area contributed by atoms with Gasteiger partial charge < -0.3 is 5.32 Å². The Kier molecular flexibility index (Phi) is 3.99. The first-order valence-electron chi connectivity index (χ1n) is 7.10. The maximum Gasteiger partial charge on any atom is 0.154 e. The van der Waals surface area contributed by atoms with Gasteiger partial charge in [-0.25, -0.2) is 0 Å². The Labute approximate surface area is 122 Å². The minimum absolute atomic E-state index is 0.0621. The van der Waals surface area contributed by atoms with Gasteiger partial charge in [0.15, 0.2) is 5.78 Å². The predicted molar refractivity (Wildman–Crippen MR) is 77.9 cm³/mol. The third-order valence-electron chi connectivity index (χ3n) is 4.39. The third-order valence-corrected chi connectivity index (χ3v) is 4.82. The molecule has 3 rings (SSSR count). The number of ketones is 1. The van der Waals surface area contributed by atoms with Gasteiger partial charge in [0.25, 0.3) is 0 Å². The number of Topliss-reactive ketones (excluding diaryl/α,β-unsaturated/α-hetero) is 1. The summed E-state index contributed by atoms with van der Waals surface area (Å²) in [4.78, 5) is 16.5. The van der Waals surface area contributed by atoms with E-state index in [2.05, 4.69) is 26.2 Å². The Morgan fingerprint density at radius 1 is 1.37 bits per heavy atom. The maximum atomic E-state index is 12.4. The molecule has 102 valence electrons. The van der Waals surface area contributed by atoms with Crippen molar-refractivity contribution >= 4 is 21.7 Å². The van der Waals surface area contributed by atoms with E-state index >= 15 is 0 Å². The number of carbonyl (C=O) groups is 1. The Bertz CT molecular complexity index is 463. The molecule has 0 radical (unpaired) electrons. The van der Waals surface area contributed by atoms with Gasteiger partial charge in [0.2, 0.25) is 0 Å². The number of pyridine rings is 1. The summed E-state index contributed by atoms with van der Waals surface area (Å²) in [6.07, 6.45) is 10.2. The molecule has 1 aromatic heterocycles. The van der Waals surface area contributed by atoms with Gasteiger partial charge in [0, 0.05) is 29.3 Å². The molecular weight excluding hydrogens is 304 g/mol. The van der Waals surface area contributed by atoms with Gasteiger partial charge in [-0.05, 0) is 52.7 Å². The number of hydrogen-bond donors (Lipinski definition) is 1. The Morgan fingerprint density at radius 3 is 3.00 bits per heavy atom. The van der Waals surface area contributed by atoms with Crippen LogP contribution in [0.5, 0.6) is 0 Å². The molecule has 2 fully saturated rings. The number of fused-ring (bicyclic) bond motifs is 1. The van der Waals surface area contributed by atoms with Crippen LogP contribution in [-0.4, -0.2) is 22.9 Å². The summed E-state index contributed by atoms with van der Waals surface area (Å²) in [5.74, 6) is 1.04. The molecule has 0 spiro atoms. The number of nitrogens with one attached hydrogen (secondary N) is 1. The highest BCUT2D eigenvalue weighted by molar-refractivity contribution is 9.10. The summed E-state index contributed by atoms with van der Waals surface area (Å²) in [7, 11) is 0. The Balaban J connectivity index is 1.62. The van der Waals surface area contributed by atoms with Crippen molar-refractivity contribution in [3.8, 4) is 0 Å². The smallest absolute Gasteiger partial charge is 0.154 e. The second kappa shape index (κ2) is 5.71. The standard InChI is InChI=1S/C15H19BrN2O/c16-12-5-10(8-17-9-12)6-15(19)14-7-11-3-1-2-4-13(11)18-14/h5,8-9,11,13-14,18H,1-4,6-7H2. The molecule has 1 aliphatic heterocycles. The van der Waals surface area contributed by atoms with Crippen molar-refractivity contribution in [3.63, 3.8) is 0 Å². The largest absolute Gasteiger partial charge is 0.304 e. The maximum absolute atomic E-state index is 12.4. The number of nitrogens with zero attached hydrogens (tertiary/aromatic N) is 1. The first-order valence-corrected chi connectivity index (χ1v) is 7.90. The summed E-state index contributed by atoms with van der Waals surface area (Å²) in [6.45, 7) is 0. The molecule has 3 atom stereocenters. The third kappa shape index (κ3) is 3.06. The number of aromatic nitrogens is 1. The minimum Gasteiger partial charge on any atom is -0.304 e. The van der Waals surface area contributed by atoms with E-state index in [1.54, 1.807) is 12.4 Å². The van der Waals surface area contributed by atoms with E-state index in [-0.39, 0.29) is 6.04 Å². The lowest BCUT2D eigenvalue weighted by atomic mass is 9.84. The summed E-state index contributed by atoms with van der Waals surface area (Å²) < 4.78 is 0.936. The van der Waals surface area contributed by atoms with Crippen LogP contribution in [0.1, 0.15) is 37.7 Å². The molecule has 2 heterocycles. The van der Waals surface area contributed by atoms with E-state index in [4.69, 9.17) is 0 Å². The second-order valence-corrected chi connectivity index (χ2v) is 6.68. The summed E-state index contributed by atoms with van der Waals surface area (Å²) >= 11 is 3.40. The van der Waals surface area contributed by atoms with Gasteiger partial charge in [-0.2, -0.15) is 0 Å². The topological polar surface area (TPSA) is 42.0 Å². The van der Waals surface area contributed by atoms with Crippen molar-refractivity contribution in [2.45, 2.75) is 50.6 Å². The second-order valence-electron chi connectivity index (χ2n) is 5.76. The normalized spacial score (nSPS) is 30.1. The molecule has 1 saturated carbocycles. The van der Waals surface area contributed by atoms with Gasteiger partial charge in [0.05, 0.1) is 6.04 Å². The monoisotopic (exact) mass is 322 g/mol. The molecule has 1 aliphatic carbocycles. The van der Waals surface area contributed by atoms with Crippen molar-refractivity contribution in [3.05, 3.63) is 28.5 Å². The van der Waals surface area contributed by atoms with Crippen molar-refractivity contribution in [1.29, 1.82) is 0 Å². The lowest BCUT2D eigenvalue weighted by molar-refractivity contribution is -0.120. The predicted octanol–water partition coefficient (Wildman–Crippen LogP) is 2.88. The zero-order chi connectivity index (χ0) is 13.2. The molecule has 1 saturated heterocycles. The molecular formula is C15H19BrN2O. The minimum atomic E-state index is 0.0621. The fraction of sp³-hybridized carbons (Fsp3) is 0.600. The van der Waals surface area contributed by atoms with Crippen LogP contribution in [0.4, 0.5) is 0 Å². The molecule has 4 heteroatoms. The van der Waals surface area contributed by atoms with Gasteiger partial charge in [0.1, 0.15) is 0 Å². The van der Waals surface area contributed by atoms with E-state index in [0.29, 0.717) is 18.2 Å². The van der Waals surface area contributed by atoms with Crippen LogP contribution in [0.3, 0.4) is 0 Å². The Morgan fingerprint density at radius 2 is 2.21 bits per heavy atom. The van der Waals surface area contributed by atoms with E-state index in [0.717, 1.165) is 22.4 Å². The summed E-state index contributed by atoms with van der Waals surface area (Å²) in [5.41, 5.74) is 0.996. The fourth-order valence-corrected chi connectivity index (χ4v) is 3.85. The average Bonchev–Trinajstić information content (AvgIpc) is 2.82. The first kappa shape index (κ1) is 13.3. The number of halogens is 1. The molecule has 19 heavy (non-hydrogen) atoms. The molecule has 3 nitrogen and oxygen atoms in total. The lowest BCUT2D eigenvalue weighted by Gasteiger charge is -2.24. The van der Waals surface area contributed by atoms with Crippen molar-refractivity contribution in [2.75, 3.05) is 0 Å². The Hall–Kier alpha value is -0.740. The average molecular weight is 323 g/mol. The fourth-order valence-electron chi connectivity index (χ4n) is 3.44. The van der Waals surface area contributed by atoms with E-state index in [1.807, 2.05) is 6.07 Å². The molecule has 1 N–H and O–H groups in total. The highest BCUT2D eigenvalue weighted by atomic mass is 79.9. The van der Waals surface area contributed by atoms with Gasteiger partial charge >= 0.3 is 0 Å². The van der Waals surface area contributed by atoms with Crippen LogP contribution in [0.15, 0.2) is 22.9 Å². The highest BCUT2D eigenvalue weighted by Crippen LogP contribution is 2.33. The zero-order valence-electron chi connectivity index (χ0n) is 10.9. The van der Waals surface area contributed by atoms with Crippen LogP contribution < -0.4 is 5.32 Å². The first-order chi connectivity index (χ1) is 9.22. The van der Waals surface area contributed by atoms with Crippen LogP contribution in [-0.2, 0) is 11.2 Å². The van der Waals surface area contributed by atoms with Crippen molar-refractivity contribution < 1.29 is 4.79 Å². The molecule has 2 aliphatic rings. The van der Waals surface area contributed by atoms with Crippen molar-refractivity contribution in [2.24, 2.45) is 5.92 Å². The SMILES string of the molecule is O=C(Cc1cncc(Br)c1)C1CC2CCCCC2N1. The van der Waals surface area contributed by atoms with Gasteiger partial charge in [-0.3, -0.25) is 9.78 Å². The lowest BCUT2D eigenvalue weighted by Crippen LogP contribution is -2.37. The highest BCUT2D eigenvalue weighted by Gasteiger charge is 2.37. The quantitative estimate of drug-likeness (QED) is 0.930. The number of rotatable bonds is 3.